The van der Waals surface area contributed by atoms with Crippen LogP contribution in [0.5, 0.6) is 0 Å². The second-order valence-electron chi connectivity index (χ2n) is 3.99. The maximum atomic E-state index is 5.94. The van der Waals surface area contributed by atoms with Gasteiger partial charge in [0.25, 0.3) is 0 Å². The van der Waals surface area contributed by atoms with Gasteiger partial charge in [-0.15, -0.1) is 11.8 Å². The lowest BCUT2D eigenvalue weighted by molar-refractivity contribution is 0.129. The maximum Gasteiger partial charge on any atom is 0.0669 e. The summed E-state index contributed by atoms with van der Waals surface area (Å²) >= 11 is 1.80. The van der Waals surface area contributed by atoms with Crippen LogP contribution < -0.4 is 5.73 Å². The molecule has 2 rings (SSSR count). The van der Waals surface area contributed by atoms with Gasteiger partial charge < -0.3 is 10.5 Å². The molecule has 1 aromatic carbocycles. The normalized spacial score (nSPS) is 20.7. The minimum absolute atomic E-state index is 0.427. The first-order chi connectivity index (χ1) is 7.25. The van der Waals surface area contributed by atoms with Crippen LogP contribution in [0, 0.1) is 6.92 Å². The zero-order chi connectivity index (χ0) is 10.7. The van der Waals surface area contributed by atoms with Crippen LogP contribution in [0.1, 0.15) is 18.4 Å². The average Bonchev–Trinajstić information content (AvgIpc) is 2.69. The predicted molar refractivity (Wildman–Crippen MR) is 65.3 cm³/mol. The Bertz CT molecular complexity index is 334. The van der Waals surface area contributed by atoms with Gasteiger partial charge in [0.05, 0.1) is 6.10 Å². The second kappa shape index (κ2) is 4.90. The lowest BCUT2D eigenvalue weighted by Gasteiger charge is -2.10. The molecule has 1 aromatic rings. The molecule has 1 aliphatic heterocycles. The molecule has 1 unspecified atom stereocenters. The van der Waals surface area contributed by atoms with Crippen LogP contribution in [0.4, 0.5) is 5.69 Å². The quantitative estimate of drug-likeness (QED) is 0.632. The first-order valence-electron chi connectivity index (χ1n) is 5.36. The van der Waals surface area contributed by atoms with E-state index in [0.29, 0.717) is 6.10 Å². The molecule has 1 atom stereocenters. The lowest BCUT2D eigenvalue weighted by atomic mass is 10.2. The van der Waals surface area contributed by atoms with Gasteiger partial charge in [-0.05, 0) is 37.5 Å². The molecule has 2 N–H and O–H groups in total. The molecule has 15 heavy (non-hydrogen) atoms. The Morgan fingerprint density at radius 1 is 1.53 bits per heavy atom. The van der Waals surface area contributed by atoms with E-state index in [4.69, 9.17) is 10.5 Å². The Morgan fingerprint density at radius 2 is 2.40 bits per heavy atom. The Kier molecular flexibility index (Phi) is 3.54. The smallest absolute Gasteiger partial charge is 0.0669 e. The van der Waals surface area contributed by atoms with Crippen LogP contribution in [0.2, 0.25) is 0 Å². The fourth-order valence-electron chi connectivity index (χ4n) is 1.76. The summed E-state index contributed by atoms with van der Waals surface area (Å²) < 4.78 is 5.58. The van der Waals surface area contributed by atoms with Crippen molar-refractivity contribution in [1.82, 2.24) is 0 Å². The Labute approximate surface area is 95.2 Å². The van der Waals surface area contributed by atoms with E-state index >= 15 is 0 Å². The summed E-state index contributed by atoms with van der Waals surface area (Å²) in [4.78, 5) is 1.18. The number of benzene rings is 1. The Balaban J connectivity index is 1.92. The molecule has 0 amide bonds. The number of thioether (sulfide) groups is 1. The van der Waals surface area contributed by atoms with Gasteiger partial charge in [-0.3, -0.25) is 0 Å². The number of aryl methyl sites for hydroxylation is 1. The molecule has 82 valence electrons. The lowest BCUT2D eigenvalue weighted by Crippen LogP contribution is -2.07. The number of anilines is 1. The molecule has 0 spiro atoms. The molecule has 1 saturated heterocycles. The topological polar surface area (TPSA) is 35.2 Å². The largest absolute Gasteiger partial charge is 0.398 e. The highest BCUT2D eigenvalue weighted by molar-refractivity contribution is 7.99. The van der Waals surface area contributed by atoms with Gasteiger partial charge in [0.15, 0.2) is 0 Å². The molecular weight excluding hydrogens is 206 g/mol. The summed E-state index contributed by atoms with van der Waals surface area (Å²) in [5, 5.41) is 0. The molecule has 2 nitrogen and oxygen atoms in total. The molecule has 0 radical (unpaired) electrons. The summed E-state index contributed by atoms with van der Waals surface area (Å²) in [6, 6.07) is 6.23. The van der Waals surface area contributed by atoms with E-state index < -0.39 is 0 Å². The second-order valence-corrected chi connectivity index (χ2v) is 5.05. The van der Waals surface area contributed by atoms with Crippen molar-refractivity contribution in [3.63, 3.8) is 0 Å². The number of hydrogen-bond donors (Lipinski definition) is 1. The van der Waals surface area contributed by atoms with Crippen LogP contribution in [-0.2, 0) is 4.74 Å². The minimum Gasteiger partial charge on any atom is -0.398 e. The molecule has 0 bridgehead atoms. The third-order valence-electron chi connectivity index (χ3n) is 2.61. The number of hydrogen-bond acceptors (Lipinski definition) is 3. The molecule has 0 aromatic heterocycles. The van der Waals surface area contributed by atoms with Crippen LogP contribution in [0.25, 0.3) is 0 Å². The first-order valence-corrected chi connectivity index (χ1v) is 6.35. The van der Waals surface area contributed by atoms with E-state index in [9.17, 15) is 0 Å². The van der Waals surface area contributed by atoms with Gasteiger partial charge in [0.2, 0.25) is 0 Å². The monoisotopic (exact) mass is 223 g/mol. The van der Waals surface area contributed by atoms with E-state index in [1.54, 1.807) is 11.8 Å². The zero-order valence-corrected chi connectivity index (χ0v) is 9.85. The van der Waals surface area contributed by atoms with E-state index in [0.717, 1.165) is 18.0 Å². The van der Waals surface area contributed by atoms with Crippen molar-refractivity contribution < 1.29 is 4.74 Å². The van der Waals surface area contributed by atoms with Gasteiger partial charge in [-0.1, -0.05) is 6.07 Å². The average molecular weight is 223 g/mol. The van der Waals surface area contributed by atoms with Crippen molar-refractivity contribution in [2.75, 3.05) is 18.1 Å². The van der Waals surface area contributed by atoms with Crippen LogP contribution in [-0.4, -0.2) is 18.5 Å². The highest BCUT2D eigenvalue weighted by Gasteiger charge is 2.15. The van der Waals surface area contributed by atoms with E-state index in [1.807, 2.05) is 6.07 Å². The van der Waals surface area contributed by atoms with Gasteiger partial charge in [0, 0.05) is 22.9 Å². The maximum absolute atomic E-state index is 5.94. The number of nitrogens with two attached hydrogens (primary N) is 1. The predicted octanol–water partition coefficient (Wildman–Crippen LogP) is 2.85. The van der Waals surface area contributed by atoms with Crippen molar-refractivity contribution in [2.24, 2.45) is 0 Å². The van der Waals surface area contributed by atoms with Crippen molar-refractivity contribution in [1.29, 1.82) is 0 Å². The van der Waals surface area contributed by atoms with Crippen molar-refractivity contribution >= 4 is 17.4 Å². The molecule has 1 aliphatic rings. The molecule has 3 heteroatoms. The summed E-state index contributed by atoms with van der Waals surface area (Å²) in [6.45, 7) is 2.99. The molecule has 0 saturated carbocycles. The van der Waals surface area contributed by atoms with Crippen molar-refractivity contribution in [3.8, 4) is 0 Å². The zero-order valence-electron chi connectivity index (χ0n) is 9.03. The third kappa shape index (κ3) is 2.89. The standard InChI is InChI=1S/C12H17NOS/c1-9-4-5-12(11(13)7-9)15-8-10-3-2-6-14-10/h4-5,7,10H,2-3,6,8,13H2,1H3. The first kappa shape index (κ1) is 10.8. The summed E-state index contributed by atoms with van der Waals surface area (Å²) in [7, 11) is 0. The molecule has 1 heterocycles. The van der Waals surface area contributed by atoms with Crippen LogP contribution >= 0.6 is 11.8 Å². The summed E-state index contributed by atoms with van der Waals surface area (Å²) in [5.74, 6) is 1.02. The minimum atomic E-state index is 0.427. The summed E-state index contributed by atoms with van der Waals surface area (Å²) in [6.07, 6.45) is 2.82. The summed E-state index contributed by atoms with van der Waals surface area (Å²) in [5.41, 5.74) is 8.05. The fraction of sp³-hybridized carbons (Fsp3) is 0.500. The van der Waals surface area contributed by atoms with Gasteiger partial charge >= 0.3 is 0 Å². The van der Waals surface area contributed by atoms with Gasteiger partial charge in [-0.2, -0.15) is 0 Å². The number of rotatable bonds is 3. The Morgan fingerprint density at radius 3 is 3.07 bits per heavy atom. The number of ether oxygens (including phenoxy) is 1. The van der Waals surface area contributed by atoms with Gasteiger partial charge in [-0.25, -0.2) is 0 Å². The fourth-order valence-corrected chi connectivity index (χ4v) is 2.78. The molecule has 0 aliphatic carbocycles. The van der Waals surface area contributed by atoms with Crippen molar-refractivity contribution in [2.45, 2.75) is 30.8 Å². The van der Waals surface area contributed by atoms with E-state index in [-0.39, 0.29) is 0 Å². The SMILES string of the molecule is Cc1ccc(SCC2CCCO2)c(N)c1. The van der Waals surface area contributed by atoms with Gasteiger partial charge in [0.1, 0.15) is 0 Å². The Hall–Kier alpha value is -0.670. The highest BCUT2D eigenvalue weighted by Crippen LogP contribution is 2.28. The highest BCUT2D eigenvalue weighted by atomic mass is 32.2. The van der Waals surface area contributed by atoms with Crippen molar-refractivity contribution in [3.05, 3.63) is 23.8 Å². The van der Waals surface area contributed by atoms with E-state index in [2.05, 4.69) is 19.1 Å². The van der Waals surface area contributed by atoms with Crippen LogP contribution in [0.3, 0.4) is 0 Å². The molecule has 1 fully saturated rings. The molecular formula is C12H17NOS. The number of nitrogen functional groups attached to an aromatic ring is 1. The van der Waals surface area contributed by atoms with E-state index in [1.165, 1.54) is 23.3 Å². The van der Waals surface area contributed by atoms with Crippen LogP contribution in [0.15, 0.2) is 23.1 Å². The third-order valence-corrected chi connectivity index (χ3v) is 3.84.